The van der Waals surface area contributed by atoms with Gasteiger partial charge in [-0.3, -0.25) is 9.59 Å². The van der Waals surface area contributed by atoms with Crippen LogP contribution in [0, 0.1) is 18.7 Å². The van der Waals surface area contributed by atoms with Gasteiger partial charge in [0.25, 0.3) is 0 Å². The van der Waals surface area contributed by atoms with E-state index in [0.717, 1.165) is 5.56 Å². The summed E-state index contributed by atoms with van der Waals surface area (Å²) in [5.41, 5.74) is 1.41. The van der Waals surface area contributed by atoms with Crippen LogP contribution in [0.1, 0.15) is 24.0 Å². The summed E-state index contributed by atoms with van der Waals surface area (Å²) in [5, 5.41) is 2.84. The van der Waals surface area contributed by atoms with Gasteiger partial charge in [-0.05, 0) is 49.6 Å². The molecule has 0 spiro atoms. The highest BCUT2D eigenvalue weighted by molar-refractivity contribution is 5.93. The monoisotopic (exact) mass is 367 g/mol. The van der Waals surface area contributed by atoms with Gasteiger partial charge < -0.3 is 10.2 Å². The number of carbonyl (C=O) groups excluding carboxylic acids is 2. The molecule has 0 unspecified atom stereocenters. The first-order valence-corrected chi connectivity index (χ1v) is 8.98. The van der Waals surface area contributed by atoms with Crippen molar-refractivity contribution in [3.8, 4) is 0 Å². The summed E-state index contributed by atoms with van der Waals surface area (Å²) < 4.78 is 13.6. The van der Waals surface area contributed by atoms with Gasteiger partial charge in [0.1, 0.15) is 11.6 Å². The number of aromatic nitrogens is 1. The van der Waals surface area contributed by atoms with E-state index in [9.17, 15) is 14.0 Å². The van der Waals surface area contributed by atoms with E-state index in [1.807, 2.05) is 19.1 Å². The van der Waals surface area contributed by atoms with E-state index in [1.165, 1.54) is 18.2 Å². The second-order valence-electron chi connectivity index (χ2n) is 6.66. The molecule has 2 amide bonds. The molecule has 1 fully saturated rings. The Hall–Kier alpha value is -3.02. The number of halogens is 1. The maximum Gasteiger partial charge on any atom is 0.246 e. The largest absolute Gasteiger partial charge is 0.339 e. The zero-order valence-corrected chi connectivity index (χ0v) is 15.2. The van der Waals surface area contributed by atoms with Crippen LogP contribution in [0.2, 0.25) is 0 Å². The number of rotatable bonds is 4. The van der Waals surface area contributed by atoms with Crippen molar-refractivity contribution in [2.75, 3.05) is 18.4 Å². The zero-order valence-electron chi connectivity index (χ0n) is 15.2. The minimum absolute atomic E-state index is 0.0675. The van der Waals surface area contributed by atoms with Crippen LogP contribution in [0.25, 0.3) is 6.08 Å². The molecule has 140 valence electrons. The summed E-state index contributed by atoms with van der Waals surface area (Å²) in [6.07, 6.45) is 5.72. The number of nitrogens with zero attached hydrogens (tertiary/aromatic N) is 2. The van der Waals surface area contributed by atoms with Crippen molar-refractivity contribution < 1.29 is 14.0 Å². The lowest BCUT2D eigenvalue weighted by molar-refractivity contribution is -0.130. The highest BCUT2D eigenvalue weighted by Gasteiger charge is 2.26. The van der Waals surface area contributed by atoms with Gasteiger partial charge in [0.05, 0.1) is 0 Å². The Morgan fingerprint density at radius 2 is 1.96 bits per heavy atom. The number of piperidine rings is 1. The molecule has 5 nitrogen and oxygen atoms in total. The molecule has 1 aromatic carbocycles. The van der Waals surface area contributed by atoms with Gasteiger partial charge in [-0.1, -0.05) is 18.2 Å². The second-order valence-corrected chi connectivity index (χ2v) is 6.66. The fraction of sp³-hybridized carbons (Fsp3) is 0.286. The van der Waals surface area contributed by atoms with E-state index in [2.05, 4.69) is 10.3 Å². The first kappa shape index (κ1) is 18.8. The Morgan fingerprint density at radius 3 is 2.67 bits per heavy atom. The Bertz CT molecular complexity index is 858. The maximum absolute atomic E-state index is 13.6. The topological polar surface area (TPSA) is 62.3 Å². The van der Waals surface area contributed by atoms with Crippen LogP contribution in [0.15, 0.2) is 48.7 Å². The van der Waals surface area contributed by atoms with Crippen LogP contribution >= 0.6 is 0 Å². The molecule has 0 atom stereocenters. The van der Waals surface area contributed by atoms with Gasteiger partial charge in [-0.15, -0.1) is 0 Å². The lowest BCUT2D eigenvalue weighted by Crippen LogP contribution is -2.40. The molecule has 0 radical (unpaired) electrons. The van der Waals surface area contributed by atoms with Crippen molar-refractivity contribution in [2.45, 2.75) is 19.8 Å². The Balaban J connectivity index is 1.51. The van der Waals surface area contributed by atoms with Crippen LogP contribution in [0.5, 0.6) is 0 Å². The number of aryl methyl sites for hydroxylation is 1. The van der Waals surface area contributed by atoms with Crippen LogP contribution < -0.4 is 5.32 Å². The minimum atomic E-state index is -0.360. The number of benzene rings is 1. The molecule has 1 aliphatic heterocycles. The van der Waals surface area contributed by atoms with Gasteiger partial charge in [0.2, 0.25) is 11.8 Å². The SMILES string of the molecule is Cc1ccnc(NC(=O)C2CCN(C(=O)/C=C\c3ccccc3F)CC2)c1. The molecule has 2 heterocycles. The molecule has 6 heteroatoms. The smallest absolute Gasteiger partial charge is 0.246 e. The first-order valence-electron chi connectivity index (χ1n) is 8.98. The summed E-state index contributed by atoms with van der Waals surface area (Å²) in [7, 11) is 0. The molecule has 0 bridgehead atoms. The summed E-state index contributed by atoms with van der Waals surface area (Å²) in [4.78, 5) is 30.5. The van der Waals surface area contributed by atoms with E-state index >= 15 is 0 Å². The Morgan fingerprint density at radius 1 is 1.22 bits per heavy atom. The molecule has 0 saturated carbocycles. The minimum Gasteiger partial charge on any atom is -0.339 e. The van der Waals surface area contributed by atoms with E-state index in [0.29, 0.717) is 37.3 Å². The lowest BCUT2D eigenvalue weighted by Gasteiger charge is -2.30. The lowest BCUT2D eigenvalue weighted by atomic mass is 9.96. The average molecular weight is 367 g/mol. The maximum atomic E-state index is 13.6. The molecule has 2 aromatic rings. The predicted molar refractivity (Wildman–Crippen MR) is 102 cm³/mol. The average Bonchev–Trinajstić information content (AvgIpc) is 2.67. The number of anilines is 1. The van der Waals surface area contributed by atoms with E-state index < -0.39 is 0 Å². The van der Waals surface area contributed by atoms with Crippen molar-refractivity contribution in [1.82, 2.24) is 9.88 Å². The summed E-state index contributed by atoms with van der Waals surface area (Å²) in [6.45, 7) is 2.94. The molecular formula is C21H22FN3O2. The molecular weight excluding hydrogens is 345 g/mol. The number of nitrogens with one attached hydrogen (secondary N) is 1. The fourth-order valence-electron chi connectivity index (χ4n) is 3.07. The molecule has 1 saturated heterocycles. The number of pyridine rings is 1. The molecule has 1 N–H and O–H groups in total. The molecule has 0 aliphatic carbocycles. The highest BCUT2D eigenvalue weighted by Crippen LogP contribution is 2.20. The molecule has 27 heavy (non-hydrogen) atoms. The van der Waals surface area contributed by atoms with Crippen molar-refractivity contribution >= 4 is 23.7 Å². The van der Waals surface area contributed by atoms with Crippen molar-refractivity contribution in [2.24, 2.45) is 5.92 Å². The quantitative estimate of drug-likeness (QED) is 0.843. The van der Waals surface area contributed by atoms with Crippen LogP contribution in [0.4, 0.5) is 10.2 Å². The summed E-state index contributed by atoms with van der Waals surface area (Å²) in [6, 6.07) is 10.0. The first-order chi connectivity index (χ1) is 13.0. The third-order valence-corrected chi connectivity index (χ3v) is 4.65. The summed E-state index contributed by atoms with van der Waals surface area (Å²) in [5.74, 6) is -0.195. The van der Waals surface area contributed by atoms with Crippen LogP contribution in [0.3, 0.4) is 0 Å². The van der Waals surface area contributed by atoms with Gasteiger partial charge in [-0.25, -0.2) is 9.37 Å². The van der Waals surface area contributed by atoms with Crippen molar-refractivity contribution in [1.29, 1.82) is 0 Å². The van der Waals surface area contributed by atoms with Crippen LogP contribution in [-0.2, 0) is 9.59 Å². The van der Waals surface area contributed by atoms with Crippen molar-refractivity contribution in [3.63, 3.8) is 0 Å². The van der Waals surface area contributed by atoms with E-state index in [-0.39, 0.29) is 23.5 Å². The number of hydrogen-bond donors (Lipinski definition) is 1. The normalized spacial score (nSPS) is 15.1. The molecule has 3 rings (SSSR count). The van der Waals surface area contributed by atoms with E-state index in [4.69, 9.17) is 0 Å². The number of amides is 2. The third kappa shape index (κ3) is 5.00. The van der Waals surface area contributed by atoms with Crippen molar-refractivity contribution in [3.05, 3.63) is 65.6 Å². The zero-order chi connectivity index (χ0) is 19.2. The van der Waals surface area contributed by atoms with Crippen LogP contribution in [-0.4, -0.2) is 34.8 Å². The number of likely N-dealkylation sites (tertiary alicyclic amines) is 1. The van der Waals surface area contributed by atoms with E-state index in [1.54, 1.807) is 29.3 Å². The highest BCUT2D eigenvalue weighted by atomic mass is 19.1. The predicted octanol–water partition coefficient (Wildman–Crippen LogP) is 3.42. The van der Waals surface area contributed by atoms with Gasteiger partial charge in [0, 0.05) is 36.8 Å². The summed E-state index contributed by atoms with van der Waals surface area (Å²) >= 11 is 0. The number of carbonyl (C=O) groups is 2. The molecule has 1 aliphatic rings. The fourth-order valence-corrected chi connectivity index (χ4v) is 3.07. The van der Waals surface area contributed by atoms with Gasteiger partial charge in [0.15, 0.2) is 0 Å². The Labute approximate surface area is 157 Å². The van der Waals surface area contributed by atoms with Gasteiger partial charge >= 0.3 is 0 Å². The Kier molecular flexibility index (Phi) is 5.96. The third-order valence-electron chi connectivity index (χ3n) is 4.65. The standard InChI is InChI=1S/C21H22FN3O2/c1-15-8-11-23-19(14-15)24-21(27)17-9-12-25(13-10-17)20(26)7-6-16-4-2-3-5-18(16)22/h2-8,11,14,17H,9-10,12-13H2,1H3,(H,23,24,27)/b7-6-. The van der Waals surface area contributed by atoms with Gasteiger partial charge in [-0.2, -0.15) is 0 Å². The molecule has 1 aromatic heterocycles. The number of hydrogen-bond acceptors (Lipinski definition) is 3. The second kappa shape index (κ2) is 8.58.